The second-order valence-electron chi connectivity index (χ2n) is 5.40. The van der Waals surface area contributed by atoms with Gasteiger partial charge in [0.25, 0.3) is 0 Å². The summed E-state index contributed by atoms with van der Waals surface area (Å²) in [6, 6.07) is 4.57. The highest BCUT2D eigenvalue weighted by Crippen LogP contribution is 2.25. The molecule has 1 N–H and O–H groups in total. The molecule has 21 heavy (non-hydrogen) atoms. The van der Waals surface area contributed by atoms with Crippen molar-refractivity contribution in [3.05, 3.63) is 42.2 Å². The van der Waals surface area contributed by atoms with Crippen molar-refractivity contribution in [1.29, 1.82) is 0 Å². The van der Waals surface area contributed by atoms with Crippen LogP contribution in [0.5, 0.6) is 0 Å². The topological polar surface area (TPSA) is 15.3 Å². The van der Waals surface area contributed by atoms with Crippen LogP contribution in [0.15, 0.2) is 21.3 Å². The van der Waals surface area contributed by atoms with Crippen LogP contribution in [0.1, 0.15) is 34.2 Å². The number of aryl methyl sites for hydroxylation is 1. The average molecular weight is 387 g/mol. The highest BCUT2D eigenvalue weighted by Gasteiger charge is 2.09. The van der Waals surface area contributed by atoms with Gasteiger partial charge >= 0.3 is 0 Å². The summed E-state index contributed by atoms with van der Waals surface area (Å²) >= 11 is 7.21. The summed E-state index contributed by atoms with van der Waals surface area (Å²) in [7, 11) is 2.19. The fourth-order valence-corrected chi connectivity index (χ4v) is 4.53. The van der Waals surface area contributed by atoms with Crippen LogP contribution in [0.25, 0.3) is 0 Å². The molecule has 0 aliphatic rings. The molecule has 116 valence electrons. The maximum Gasteiger partial charge on any atom is 0.0701 e. The van der Waals surface area contributed by atoms with Gasteiger partial charge in [-0.15, -0.1) is 22.7 Å². The van der Waals surface area contributed by atoms with Crippen LogP contribution < -0.4 is 5.32 Å². The van der Waals surface area contributed by atoms with Crippen LogP contribution in [0.4, 0.5) is 0 Å². The summed E-state index contributed by atoms with van der Waals surface area (Å²) in [5.41, 5.74) is 2.84. The van der Waals surface area contributed by atoms with E-state index in [2.05, 4.69) is 64.6 Å². The van der Waals surface area contributed by atoms with Crippen molar-refractivity contribution in [1.82, 2.24) is 10.2 Å². The zero-order valence-corrected chi connectivity index (χ0v) is 16.1. The summed E-state index contributed by atoms with van der Waals surface area (Å²) < 4.78 is 1.21. The van der Waals surface area contributed by atoms with E-state index in [1.807, 2.05) is 11.3 Å². The molecule has 0 amide bonds. The van der Waals surface area contributed by atoms with Gasteiger partial charge in [0.05, 0.1) is 3.79 Å². The Bertz CT molecular complexity index is 562. The van der Waals surface area contributed by atoms with Gasteiger partial charge < -0.3 is 5.32 Å². The van der Waals surface area contributed by atoms with Gasteiger partial charge in [-0.3, -0.25) is 4.90 Å². The monoisotopic (exact) mass is 386 g/mol. The molecule has 0 bridgehead atoms. The quantitative estimate of drug-likeness (QED) is 0.641. The second kappa shape index (κ2) is 8.44. The summed E-state index contributed by atoms with van der Waals surface area (Å²) in [6.45, 7) is 8.55. The molecule has 0 saturated carbocycles. The Morgan fingerprint density at radius 3 is 2.76 bits per heavy atom. The molecule has 2 aromatic rings. The molecule has 0 fully saturated rings. The second-order valence-corrected chi connectivity index (χ2v) is 9.03. The molecule has 0 spiro atoms. The van der Waals surface area contributed by atoms with Crippen LogP contribution >= 0.6 is 38.6 Å². The van der Waals surface area contributed by atoms with Gasteiger partial charge in [-0.1, -0.05) is 6.92 Å². The van der Waals surface area contributed by atoms with Gasteiger partial charge in [0.1, 0.15) is 0 Å². The molecular weight excluding hydrogens is 364 g/mol. The molecule has 0 aliphatic heterocycles. The van der Waals surface area contributed by atoms with E-state index < -0.39 is 0 Å². The third kappa shape index (κ3) is 5.49. The lowest BCUT2D eigenvalue weighted by Gasteiger charge is -2.15. The first-order valence-electron chi connectivity index (χ1n) is 7.28. The lowest BCUT2D eigenvalue weighted by molar-refractivity contribution is 0.319. The highest BCUT2D eigenvalue weighted by molar-refractivity contribution is 9.11. The molecule has 2 rings (SSSR count). The summed E-state index contributed by atoms with van der Waals surface area (Å²) in [5, 5.41) is 5.70. The molecule has 5 heteroatoms. The number of thiophene rings is 2. The predicted octanol–water partition coefficient (Wildman–Crippen LogP) is 5.01. The first-order valence-corrected chi connectivity index (χ1v) is 9.77. The molecule has 0 aliphatic carbocycles. The smallest absolute Gasteiger partial charge is 0.0701 e. The molecule has 2 aromatic heterocycles. The zero-order chi connectivity index (χ0) is 15.2. The van der Waals surface area contributed by atoms with Crippen molar-refractivity contribution in [2.75, 3.05) is 13.6 Å². The SMILES string of the molecule is CCCNCc1cc(CN(C)Cc2csc(Br)c2)c(C)s1. The first-order chi connectivity index (χ1) is 10.1. The minimum atomic E-state index is 1.00. The van der Waals surface area contributed by atoms with Crippen molar-refractivity contribution in [2.24, 2.45) is 0 Å². The number of rotatable bonds is 8. The third-order valence-corrected chi connectivity index (χ3v) is 5.96. The number of nitrogens with one attached hydrogen (secondary N) is 1. The van der Waals surface area contributed by atoms with Gasteiger partial charge in [-0.25, -0.2) is 0 Å². The molecule has 0 aromatic carbocycles. The van der Waals surface area contributed by atoms with E-state index in [0.717, 1.165) is 26.2 Å². The van der Waals surface area contributed by atoms with Crippen LogP contribution in [0, 0.1) is 6.92 Å². The predicted molar refractivity (Wildman–Crippen MR) is 98.2 cm³/mol. The Kier molecular flexibility index (Phi) is 6.89. The van der Waals surface area contributed by atoms with Crippen LogP contribution in [0.3, 0.4) is 0 Å². The van der Waals surface area contributed by atoms with E-state index in [4.69, 9.17) is 0 Å². The third-order valence-electron chi connectivity index (χ3n) is 3.31. The van der Waals surface area contributed by atoms with Crippen molar-refractivity contribution in [2.45, 2.75) is 39.9 Å². The zero-order valence-electron chi connectivity index (χ0n) is 12.9. The van der Waals surface area contributed by atoms with Gasteiger partial charge in [-0.2, -0.15) is 0 Å². The van der Waals surface area contributed by atoms with E-state index in [-0.39, 0.29) is 0 Å². The van der Waals surface area contributed by atoms with Gasteiger partial charge in [0, 0.05) is 29.4 Å². The highest BCUT2D eigenvalue weighted by atomic mass is 79.9. The average Bonchev–Trinajstić information content (AvgIpc) is 2.97. The standard InChI is InChI=1S/C16H23BrN2S2/c1-4-5-18-8-15-7-14(12(2)21-15)10-19(3)9-13-6-16(17)20-11-13/h6-7,11,18H,4-5,8-10H2,1-3H3. The van der Waals surface area contributed by atoms with E-state index in [0.29, 0.717) is 0 Å². The summed E-state index contributed by atoms with van der Waals surface area (Å²) in [6.07, 6.45) is 1.19. The Morgan fingerprint density at radius 1 is 1.29 bits per heavy atom. The number of nitrogens with zero attached hydrogens (tertiary/aromatic N) is 1. The molecule has 2 nitrogen and oxygen atoms in total. The molecule has 0 atom stereocenters. The molecule has 2 heterocycles. The summed E-state index contributed by atoms with van der Waals surface area (Å²) in [4.78, 5) is 5.27. The van der Waals surface area contributed by atoms with E-state index >= 15 is 0 Å². The Morgan fingerprint density at radius 2 is 2.10 bits per heavy atom. The van der Waals surface area contributed by atoms with Crippen molar-refractivity contribution < 1.29 is 0 Å². The van der Waals surface area contributed by atoms with Crippen molar-refractivity contribution in [3.63, 3.8) is 0 Å². The van der Waals surface area contributed by atoms with Crippen LogP contribution in [-0.4, -0.2) is 18.5 Å². The van der Waals surface area contributed by atoms with E-state index in [9.17, 15) is 0 Å². The minimum absolute atomic E-state index is 1.00. The summed E-state index contributed by atoms with van der Waals surface area (Å²) in [5.74, 6) is 0. The minimum Gasteiger partial charge on any atom is -0.312 e. The maximum atomic E-state index is 3.53. The van der Waals surface area contributed by atoms with Crippen molar-refractivity contribution >= 4 is 38.6 Å². The molecule has 0 saturated heterocycles. The number of halogens is 1. The largest absolute Gasteiger partial charge is 0.312 e. The van der Waals surface area contributed by atoms with Crippen molar-refractivity contribution in [3.8, 4) is 0 Å². The van der Waals surface area contributed by atoms with Gasteiger partial charge in [-0.05, 0) is 71.5 Å². The van der Waals surface area contributed by atoms with E-state index in [1.165, 1.54) is 31.1 Å². The lowest BCUT2D eigenvalue weighted by Crippen LogP contribution is -2.17. The molecule has 0 unspecified atom stereocenters. The first kappa shape index (κ1) is 17.2. The fourth-order valence-electron chi connectivity index (χ4n) is 2.31. The lowest BCUT2D eigenvalue weighted by atomic mass is 10.2. The van der Waals surface area contributed by atoms with Gasteiger partial charge in [0.2, 0.25) is 0 Å². The Balaban J connectivity index is 1.89. The Labute approximate surface area is 144 Å². The number of hydrogen-bond acceptors (Lipinski definition) is 4. The van der Waals surface area contributed by atoms with Crippen LogP contribution in [0.2, 0.25) is 0 Å². The fraction of sp³-hybridized carbons (Fsp3) is 0.500. The van der Waals surface area contributed by atoms with E-state index in [1.54, 1.807) is 11.3 Å². The van der Waals surface area contributed by atoms with Crippen LogP contribution in [-0.2, 0) is 19.6 Å². The number of hydrogen-bond donors (Lipinski definition) is 1. The molecule has 0 radical (unpaired) electrons. The Hall–Kier alpha value is -0.200. The normalized spacial score (nSPS) is 11.5. The van der Waals surface area contributed by atoms with Gasteiger partial charge in [0.15, 0.2) is 0 Å². The maximum absolute atomic E-state index is 3.53. The molecular formula is C16H23BrN2S2.